The van der Waals surface area contributed by atoms with E-state index in [0.29, 0.717) is 26.1 Å². The predicted octanol–water partition coefficient (Wildman–Crippen LogP) is 1.51. The van der Waals surface area contributed by atoms with Crippen LogP contribution in [0, 0.1) is 11.3 Å². The number of nitrogens with zero attached hydrogens (tertiary/aromatic N) is 1. The first-order chi connectivity index (χ1) is 8.97. The summed E-state index contributed by atoms with van der Waals surface area (Å²) < 4.78 is 5.50. The van der Waals surface area contributed by atoms with E-state index in [1.807, 2.05) is 13.8 Å². The summed E-state index contributed by atoms with van der Waals surface area (Å²) in [6, 6.07) is 0. The molecule has 0 radical (unpaired) electrons. The van der Waals surface area contributed by atoms with Crippen molar-refractivity contribution in [1.29, 1.82) is 0 Å². The molecule has 0 saturated carbocycles. The number of rotatable bonds is 3. The summed E-state index contributed by atoms with van der Waals surface area (Å²) in [5.41, 5.74) is -0.787. The van der Waals surface area contributed by atoms with E-state index < -0.39 is 11.4 Å². The summed E-state index contributed by atoms with van der Waals surface area (Å²) in [7, 11) is 0. The Morgan fingerprint density at radius 2 is 2.11 bits per heavy atom. The highest BCUT2D eigenvalue weighted by Crippen LogP contribution is 2.38. The van der Waals surface area contributed by atoms with E-state index in [0.717, 1.165) is 19.3 Å². The number of likely N-dealkylation sites (tertiary alicyclic amines) is 1. The van der Waals surface area contributed by atoms with Crippen molar-refractivity contribution < 1.29 is 19.4 Å². The van der Waals surface area contributed by atoms with Gasteiger partial charge < -0.3 is 14.7 Å². The molecule has 1 amide bonds. The minimum Gasteiger partial charge on any atom is -0.481 e. The van der Waals surface area contributed by atoms with Crippen molar-refractivity contribution in [3.8, 4) is 0 Å². The number of hydrogen-bond donors (Lipinski definition) is 1. The highest BCUT2D eigenvalue weighted by molar-refractivity contribution is 5.83. The molecule has 0 aromatic carbocycles. The first kappa shape index (κ1) is 14.3. The normalized spacial score (nSPS) is 31.7. The molecule has 0 spiro atoms. The van der Waals surface area contributed by atoms with Crippen LogP contribution in [0.2, 0.25) is 0 Å². The number of ether oxygens (including phenoxy) is 1. The van der Waals surface area contributed by atoms with Crippen molar-refractivity contribution in [2.24, 2.45) is 11.3 Å². The van der Waals surface area contributed by atoms with Gasteiger partial charge in [0.15, 0.2) is 0 Å². The molecule has 2 atom stereocenters. The van der Waals surface area contributed by atoms with Gasteiger partial charge in [-0.2, -0.15) is 0 Å². The highest BCUT2D eigenvalue weighted by atomic mass is 16.5. The van der Waals surface area contributed by atoms with Gasteiger partial charge in [0.2, 0.25) is 0 Å². The van der Waals surface area contributed by atoms with Crippen molar-refractivity contribution in [2.45, 2.75) is 45.6 Å². The quantitative estimate of drug-likeness (QED) is 0.843. The summed E-state index contributed by atoms with van der Waals surface area (Å²) in [4.78, 5) is 25.6. The second-order valence-corrected chi connectivity index (χ2v) is 5.98. The van der Waals surface area contributed by atoms with Gasteiger partial charge in [0.05, 0.1) is 5.41 Å². The van der Waals surface area contributed by atoms with Gasteiger partial charge in [0, 0.05) is 19.7 Å². The van der Waals surface area contributed by atoms with Gasteiger partial charge in [-0.3, -0.25) is 9.59 Å². The zero-order valence-corrected chi connectivity index (χ0v) is 11.7. The van der Waals surface area contributed by atoms with Crippen LogP contribution in [0.1, 0.15) is 39.5 Å². The number of hydrogen-bond acceptors (Lipinski definition) is 3. The standard InChI is InChI=1S/C14H23NO4/c1-10(2)14(13(17)18)6-7-15(9-14)12(16)11-5-3-4-8-19-11/h10-11H,3-9H2,1-2H3,(H,17,18). The second kappa shape index (κ2) is 5.49. The van der Waals surface area contributed by atoms with Gasteiger partial charge in [-0.25, -0.2) is 0 Å². The molecule has 19 heavy (non-hydrogen) atoms. The van der Waals surface area contributed by atoms with Crippen molar-refractivity contribution in [2.75, 3.05) is 19.7 Å². The number of aliphatic carboxylic acids is 1. The monoisotopic (exact) mass is 269 g/mol. The predicted molar refractivity (Wildman–Crippen MR) is 69.7 cm³/mol. The Kier molecular flexibility index (Phi) is 4.13. The Morgan fingerprint density at radius 3 is 2.58 bits per heavy atom. The van der Waals surface area contributed by atoms with Crippen LogP contribution in [0.5, 0.6) is 0 Å². The van der Waals surface area contributed by atoms with E-state index in [4.69, 9.17) is 4.74 Å². The average Bonchev–Trinajstić information content (AvgIpc) is 2.85. The van der Waals surface area contributed by atoms with Crippen LogP contribution < -0.4 is 0 Å². The Balaban J connectivity index is 2.04. The Bertz CT molecular complexity index is 362. The van der Waals surface area contributed by atoms with Gasteiger partial charge >= 0.3 is 5.97 Å². The van der Waals surface area contributed by atoms with Gasteiger partial charge in [-0.15, -0.1) is 0 Å². The molecule has 2 unspecified atom stereocenters. The molecule has 2 aliphatic heterocycles. The molecule has 5 heteroatoms. The minimum atomic E-state index is -0.789. The summed E-state index contributed by atoms with van der Waals surface area (Å²) in [5.74, 6) is -0.791. The van der Waals surface area contributed by atoms with Crippen LogP contribution in [-0.4, -0.2) is 47.7 Å². The van der Waals surface area contributed by atoms with Gasteiger partial charge in [0.1, 0.15) is 6.10 Å². The lowest BCUT2D eigenvalue weighted by atomic mass is 9.76. The first-order valence-corrected chi connectivity index (χ1v) is 7.11. The molecule has 5 nitrogen and oxygen atoms in total. The van der Waals surface area contributed by atoms with Crippen LogP contribution in [0.15, 0.2) is 0 Å². The topological polar surface area (TPSA) is 66.8 Å². The zero-order valence-electron chi connectivity index (χ0n) is 11.7. The van der Waals surface area contributed by atoms with E-state index >= 15 is 0 Å². The SMILES string of the molecule is CC(C)C1(C(=O)O)CCN(C(=O)C2CCCCO2)C1. The third-order valence-electron chi connectivity index (χ3n) is 4.60. The molecule has 0 aliphatic carbocycles. The fraction of sp³-hybridized carbons (Fsp3) is 0.857. The third kappa shape index (κ3) is 2.61. The molecule has 0 aromatic heterocycles. The lowest BCUT2D eigenvalue weighted by Gasteiger charge is -2.30. The average molecular weight is 269 g/mol. The van der Waals surface area contributed by atoms with E-state index in [-0.39, 0.29) is 17.9 Å². The lowest BCUT2D eigenvalue weighted by Crippen LogP contribution is -2.44. The molecule has 108 valence electrons. The maximum Gasteiger partial charge on any atom is 0.311 e. The maximum absolute atomic E-state index is 12.3. The summed E-state index contributed by atoms with van der Waals surface area (Å²) >= 11 is 0. The first-order valence-electron chi connectivity index (χ1n) is 7.11. The molecule has 2 saturated heterocycles. The minimum absolute atomic E-state index is 0.0232. The number of carboxylic acid groups (broad SMARTS) is 1. The fourth-order valence-electron chi connectivity index (χ4n) is 3.05. The Hall–Kier alpha value is -1.10. The van der Waals surface area contributed by atoms with Crippen molar-refractivity contribution in [3.63, 3.8) is 0 Å². The summed E-state index contributed by atoms with van der Waals surface area (Å²) in [6.07, 6.45) is 2.97. The number of carboxylic acids is 1. The molecule has 2 heterocycles. The second-order valence-electron chi connectivity index (χ2n) is 5.98. The Labute approximate surface area is 113 Å². The lowest BCUT2D eigenvalue weighted by molar-refractivity contribution is -0.152. The highest BCUT2D eigenvalue weighted by Gasteiger charge is 2.49. The zero-order chi connectivity index (χ0) is 14.0. The van der Waals surface area contributed by atoms with Gasteiger partial charge in [-0.1, -0.05) is 13.8 Å². The van der Waals surface area contributed by atoms with E-state index in [1.165, 1.54) is 0 Å². The smallest absolute Gasteiger partial charge is 0.311 e. The molecule has 0 bridgehead atoms. The van der Waals surface area contributed by atoms with Crippen LogP contribution in [-0.2, 0) is 14.3 Å². The summed E-state index contributed by atoms with van der Waals surface area (Å²) in [5, 5.41) is 9.47. The van der Waals surface area contributed by atoms with Crippen molar-refractivity contribution in [3.05, 3.63) is 0 Å². The maximum atomic E-state index is 12.3. The fourth-order valence-corrected chi connectivity index (χ4v) is 3.05. The van der Waals surface area contributed by atoms with Crippen LogP contribution >= 0.6 is 0 Å². The van der Waals surface area contributed by atoms with Gasteiger partial charge in [-0.05, 0) is 31.6 Å². The molecule has 2 aliphatic rings. The molecule has 0 aromatic rings. The van der Waals surface area contributed by atoms with Crippen molar-refractivity contribution in [1.82, 2.24) is 4.90 Å². The number of amides is 1. The van der Waals surface area contributed by atoms with E-state index in [2.05, 4.69) is 0 Å². The van der Waals surface area contributed by atoms with E-state index in [9.17, 15) is 14.7 Å². The molecule has 2 rings (SSSR count). The van der Waals surface area contributed by atoms with E-state index in [1.54, 1.807) is 4.90 Å². The largest absolute Gasteiger partial charge is 0.481 e. The molecule has 2 fully saturated rings. The molecular formula is C14H23NO4. The number of carbonyl (C=O) groups is 2. The third-order valence-corrected chi connectivity index (χ3v) is 4.60. The van der Waals surface area contributed by atoms with Crippen molar-refractivity contribution >= 4 is 11.9 Å². The van der Waals surface area contributed by atoms with Crippen LogP contribution in [0.4, 0.5) is 0 Å². The molecule has 1 N–H and O–H groups in total. The Morgan fingerprint density at radius 1 is 1.37 bits per heavy atom. The molecular weight excluding hydrogens is 246 g/mol. The van der Waals surface area contributed by atoms with Gasteiger partial charge in [0.25, 0.3) is 5.91 Å². The summed E-state index contributed by atoms with van der Waals surface area (Å²) in [6.45, 7) is 5.32. The number of carbonyl (C=O) groups excluding carboxylic acids is 1. The van der Waals surface area contributed by atoms with Crippen LogP contribution in [0.25, 0.3) is 0 Å². The van der Waals surface area contributed by atoms with Crippen LogP contribution in [0.3, 0.4) is 0 Å².